The molecular formula is C10H10BrClN2O2. The Bertz CT molecular complexity index is 423. The zero-order valence-electron chi connectivity index (χ0n) is 8.40. The Morgan fingerprint density at radius 3 is 2.94 bits per heavy atom. The molecule has 1 saturated carbocycles. The number of halogens is 2. The highest BCUT2D eigenvalue weighted by Crippen LogP contribution is 2.38. The third-order valence-corrected chi connectivity index (χ3v) is 3.91. The van der Waals surface area contributed by atoms with Gasteiger partial charge in [-0.05, 0) is 18.8 Å². The molecule has 1 heterocycles. The standard InChI is InChI=1S/C10H10BrClN2O2/c11-8(6-1-2-6)4-9-10(14(15)16)3-7(12)5-13-9/h3,5-6,8H,1-2,4H2. The van der Waals surface area contributed by atoms with Crippen molar-refractivity contribution < 1.29 is 4.92 Å². The average Bonchev–Trinajstić information content (AvgIpc) is 3.03. The Labute approximate surface area is 106 Å². The molecule has 1 unspecified atom stereocenters. The molecule has 0 N–H and O–H groups in total. The molecule has 4 nitrogen and oxygen atoms in total. The first-order valence-corrected chi connectivity index (χ1v) is 6.30. The van der Waals surface area contributed by atoms with Gasteiger partial charge in [-0.2, -0.15) is 0 Å². The normalized spacial score (nSPS) is 17.1. The zero-order valence-corrected chi connectivity index (χ0v) is 10.7. The lowest BCUT2D eigenvalue weighted by Crippen LogP contribution is -2.09. The van der Waals surface area contributed by atoms with Crippen LogP contribution >= 0.6 is 27.5 Å². The van der Waals surface area contributed by atoms with Gasteiger partial charge in [-0.3, -0.25) is 15.1 Å². The minimum Gasteiger partial charge on any atom is -0.258 e. The number of hydrogen-bond donors (Lipinski definition) is 0. The molecule has 86 valence electrons. The molecule has 2 rings (SSSR count). The highest BCUT2D eigenvalue weighted by Gasteiger charge is 2.31. The molecular weight excluding hydrogens is 295 g/mol. The smallest absolute Gasteiger partial charge is 0.258 e. The van der Waals surface area contributed by atoms with E-state index in [9.17, 15) is 10.1 Å². The highest BCUT2D eigenvalue weighted by atomic mass is 79.9. The van der Waals surface area contributed by atoms with Crippen LogP contribution in [0, 0.1) is 16.0 Å². The molecule has 0 aromatic carbocycles. The minimum atomic E-state index is -0.430. The van der Waals surface area contributed by atoms with Crippen molar-refractivity contribution in [2.75, 3.05) is 0 Å². The molecule has 16 heavy (non-hydrogen) atoms. The SMILES string of the molecule is O=[N+]([O-])c1cc(Cl)cnc1CC(Br)C1CC1. The van der Waals surface area contributed by atoms with E-state index in [-0.39, 0.29) is 10.5 Å². The maximum Gasteiger partial charge on any atom is 0.292 e. The Hall–Kier alpha value is -0.680. The molecule has 0 aliphatic heterocycles. The van der Waals surface area contributed by atoms with Gasteiger partial charge in [0.1, 0.15) is 5.69 Å². The van der Waals surface area contributed by atoms with Crippen molar-refractivity contribution in [1.29, 1.82) is 0 Å². The van der Waals surface area contributed by atoms with Crippen molar-refractivity contribution in [3.05, 3.63) is 33.1 Å². The lowest BCUT2D eigenvalue weighted by atomic mass is 10.1. The fourth-order valence-corrected chi connectivity index (χ4v) is 2.57. The number of rotatable bonds is 4. The number of nitro groups is 1. The van der Waals surface area contributed by atoms with Crippen LogP contribution < -0.4 is 0 Å². The van der Waals surface area contributed by atoms with E-state index in [4.69, 9.17) is 11.6 Å². The average molecular weight is 306 g/mol. The van der Waals surface area contributed by atoms with Gasteiger partial charge in [0.15, 0.2) is 0 Å². The van der Waals surface area contributed by atoms with Gasteiger partial charge in [0.2, 0.25) is 0 Å². The molecule has 1 aromatic rings. The van der Waals surface area contributed by atoms with Crippen LogP contribution in [0.5, 0.6) is 0 Å². The van der Waals surface area contributed by atoms with Crippen molar-refractivity contribution in [1.82, 2.24) is 4.98 Å². The van der Waals surface area contributed by atoms with Crippen LogP contribution in [-0.2, 0) is 6.42 Å². The van der Waals surface area contributed by atoms with E-state index in [1.54, 1.807) is 0 Å². The second-order valence-corrected chi connectivity index (χ2v) is 5.55. The number of aromatic nitrogens is 1. The van der Waals surface area contributed by atoms with Crippen molar-refractivity contribution >= 4 is 33.2 Å². The Balaban J connectivity index is 2.21. The van der Waals surface area contributed by atoms with Crippen molar-refractivity contribution in [3.8, 4) is 0 Å². The Morgan fingerprint density at radius 2 is 2.38 bits per heavy atom. The summed E-state index contributed by atoms with van der Waals surface area (Å²) in [5.74, 6) is 0.636. The van der Waals surface area contributed by atoms with E-state index >= 15 is 0 Å². The Morgan fingerprint density at radius 1 is 1.69 bits per heavy atom. The number of pyridine rings is 1. The van der Waals surface area contributed by atoms with Crippen molar-refractivity contribution in [2.24, 2.45) is 5.92 Å². The van der Waals surface area contributed by atoms with Gasteiger partial charge in [-0.25, -0.2) is 0 Å². The molecule has 6 heteroatoms. The van der Waals surface area contributed by atoms with Crippen molar-refractivity contribution in [3.63, 3.8) is 0 Å². The third kappa shape index (κ3) is 2.71. The molecule has 0 bridgehead atoms. The molecule has 1 fully saturated rings. The maximum atomic E-state index is 10.8. The second kappa shape index (κ2) is 4.67. The predicted molar refractivity (Wildman–Crippen MR) is 65.0 cm³/mol. The van der Waals surface area contributed by atoms with Crippen molar-refractivity contribution in [2.45, 2.75) is 24.1 Å². The summed E-state index contributed by atoms with van der Waals surface area (Å²) in [6.07, 6.45) is 4.42. The molecule has 1 aromatic heterocycles. The van der Waals surface area contributed by atoms with Crippen LogP contribution in [-0.4, -0.2) is 14.7 Å². The van der Waals surface area contributed by atoms with Gasteiger partial charge in [-0.1, -0.05) is 27.5 Å². The summed E-state index contributed by atoms with van der Waals surface area (Å²) in [7, 11) is 0. The van der Waals surface area contributed by atoms with E-state index in [1.807, 2.05) is 0 Å². The van der Waals surface area contributed by atoms with Gasteiger partial charge < -0.3 is 0 Å². The number of alkyl halides is 1. The third-order valence-electron chi connectivity index (χ3n) is 2.63. The molecule has 1 atom stereocenters. The molecule has 1 aliphatic carbocycles. The van der Waals surface area contributed by atoms with Crippen LogP contribution in [0.3, 0.4) is 0 Å². The van der Waals surface area contributed by atoms with E-state index in [0.29, 0.717) is 23.1 Å². The zero-order chi connectivity index (χ0) is 11.7. The van der Waals surface area contributed by atoms with Gasteiger partial charge in [0.05, 0.1) is 9.95 Å². The van der Waals surface area contributed by atoms with Gasteiger partial charge in [0.25, 0.3) is 5.69 Å². The van der Waals surface area contributed by atoms with Gasteiger partial charge >= 0.3 is 0 Å². The van der Waals surface area contributed by atoms with Crippen LogP contribution in [0.1, 0.15) is 18.5 Å². The summed E-state index contributed by atoms with van der Waals surface area (Å²) in [5, 5.41) is 11.1. The van der Waals surface area contributed by atoms with E-state index in [2.05, 4.69) is 20.9 Å². The second-order valence-electron chi connectivity index (χ2n) is 3.93. The van der Waals surface area contributed by atoms with Gasteiger partial charge in [-0.15, -0.1) is 0 Å². The molecule has 1 aliphatic rings. The first-order valence-electron chi connectivity index (χ1n) is 5.01. The molecule has 0 radical (unpaired) electrons. The summed E-state index contributed by atoms with van der Waals surface area (Å²) in [4.78, 5) is 14.7. The summed E-state index contributed by atoms with van der Waals surface area (Å²) in [6, 6.07) is 1.36. The first kappa shape index (κ1) is 11.8. The number of hydrogen-bond acceptors (Lipinski definition) is 3. The summed E-state index contributed by atoms with van der Waals surface area (Å²) >= 11 is 9.24. The first-order chi connectivity index (χ1) is 7.58. The largest absolute Gasteiger partial charge is 0.292 e. The van der Waals surface area contributed by atoms with Crippen LogP contribution in [0.15, 0.2) is 12.3 Å². The number of nitrogens with zero attached hydrogens (tertiary/aromatic N) is 2. The summed E-state index contributed by atoms with van der Waals surface area (Å²) in [5.41, 5.74) is 0.515. The van der Waals surface area contributed by atoms with Crippen LogP contribution in [0.2, 0.25) is 5.02 Å². The van der Waals surface area contributed by atoms with Crippen LogP contribution in [0.25, 0.3) is 0 Å². The topological polar surface area (TPSA) is 56.0 Å². The highest BCUT2D eigenvalue weighted by molar-refractivity contribution is 9.09. The lowest BCUT2D eigenvalue weighted by Gasteiger charge is -2.07. The van der Waals surface area contributed by atoms with Gasteiger partial charge in [0, 0.05) is 23.5 Å². The monoisotopic (exact) mass is 304 g/mol. The van der Waals surface area contributed by atoms with Crippen LogP contribution in [0.4, 0.5) is 5.69 Å². The quantitative estimate of drug-likeness (QED) is 0.487. The van der Waals surface area contributed by atoms with E-state index < -0.39 is 4.92 Å². The fourth-order valence-electron chi connectivity index (χ4n) is 1.58. The lowest BCUT2D eigenvalue weighted by molar-refractivity contribution is -0.385. The molecule has 0 saturated heterocycles. The minimum absolute atomic E-state index is 0.0117. The maximum absolute atomic E-state index is 10.8. The Kier molecular flexibility index (Phi) is 3.44. The van der Waals surface area contributed by atoms with E-state index in [1.165, 1.54) is 25.1 Å². The molecule has 0 amide bonds. The predicted octanol–water partition coefficient (Wildman–Crippen LogP) is 3.36. The summed E-state index contributed by atoms with van der Waals surface area (Å²) < 4.78 is 0. The van der Waals surface area contributed by atoms with E-state index in [0.717, 1.165) is 0 Å². The fraction of sp³-hybridized carbons (Fsp3) is 0.500. The molecule has 0 spiro atoms. The summed E-state index contributed by atoms with van der Waals surface area (Å²) in [6.45, 7) is 0.